The van der Waals surface area contributed by atoms with Gasteiger partial charge in [0, 0.05) is 10.4 Å². The van der Waals surface area contributed by atoms with Gasteiger partial charge in [-0.3, -0.25) is 0 Å². The predicted octanol–water partition coefficient (Wildman–Crippen LogP) is 8.66. The van der Waals surface area contributed by atoms with Crippen molar-refractivity contribution in [1.82, 2.24) is 4.98 Å². The topological polar surface area (TPSA) is 12.9 Å². The number of rotatable bonds is 8. The minimum atomic E-state index is 0.710. The molecule has 1 heterocycles. The summed E-state index contributed by atoms with van der Waals surface area (Å²) in [6.07, 6.45) is 8.72. The predicted molar refractivity (Wildman–Crippen MR) is 140 cm³/mol. The van der Waals surface area contributed by atoms with Gasteiger partial charge in [-0.25, -0.2) is 4.98 Å². The largest absolute Gasteiger partial charge is 0.248 e. The van der Waals surface area contributed by atoms with Gasteiger partial charge in [-0.05, 0) is 79.1 Å². The molecule has 0 bridgehead atoms. The van der Waals surface area contributed by atoms with Crippen molar-refractivity contribution in [1.29, 1.82) is 0 Å². The van der Waals surface area contributed by atoms with Gasteiger partial charge < -0.3 is 0 Å². The summed E-state index contributed by atoms with van der Waals surface area (Å²) >= 11 is 6.11. The highest BCUT2D eigenvalue weighted by atomic mass is 35.5. The molecule has 4 rings (SSSR count). The van der Waals surface area contributed by atoms with Crippen LogP contribution in [0.1, 0.15) is 47.7 Å². The van der Waals surface area contributed by atoms with Crippen LogP contribution in [0.25, 0.3) is 28.6 Å². The molecule has 1 nitrogen and oxygen atoms in total. The van der Waals surface area contributed by atoms with E-state index in [4.69, 9.17) is 16.6 Å². The van der Waals surface area contributed by atoms with E-state index in [2.05, 4.69) is 80.3 Å². The lowest BCUT2D eigenvalue weighted by Gasteiger charge is -2.09. The van der Waals surface area contributed by atoms with E-state index in [-0.39, 0.29) is 0 Å². The molecule has 0 aliphatic carbocycles. The Balaban J connectivity index is 1.36. The zero-order valence-corrected chi connectivity index (χ0v) is 19.3. The fourth-order valence-corrected chi connectivity index (χ4v) is 4.20. The van der Waals surface area contributed by atoms with Crippen LogP contribution in [-0.2, 0) is 12.8 Å². The highest BCUT2D eigenvalue weighted by Crippen LogP contribution is 2.21. The summed E-state index contributed by atoms with van der Waals surface area (Å²) in [5.41, 5.74) is 8.26. The maximum Gasteiger partial charge on any atom is 0.0724 e. The zero-order chi connectivity index (χ0) is 22.3. The van der Waals surface area contributed by atoms with Crippen molar-refractivity contribution in [2.24, 2.45) is 0 Å². The van der Waals surface area contributed by atoms with E-state index >= 15 is 0 Å². The van der Waals surface area contributed by atoms with Crippen LogP contribution in [0.3, 0.4) is 0 Å². The Bertz CT molecular complexity index is 1270. The molecule has 0 aliphatic rings. The average molecular weight is 438 g/mol. The molecule has 0 spiro atoms. The summed E-state index contributed by atoms with van der Waals surface area (Å²) in [6, 6.07) is 27.3. The van der Waals surface area contributed by atoms with E-state index in [0.717, 1.165) is 35.0 Å². The number of nitrogens with zero attached hydrogens (tertiary/aromatic N) is 1. The first-order chi connectivity index (χ1) is 15.6. The molecule has 0 saturated heterocycles. The molecule has 4 aromatic rings. The molecule has 160 valence electrons. The number of allylic oxidation sites excluding steroid dienone is 1. The van der Waals surface area contributed by atoms with Gasteiger partial charge in [0.15, 0.2) is 0 Å². The van der Waals surface area contributed by atoms with E-state index < -0.39 is 0 Å². The van der Waals surface area contributed by atoms with Crippen LogP contribution < -0.4 is 0 Å². The lowest BCUT2D eigenvalue weighted by atomic mass is 9.96. The van der Waals surface area contributed by atoms with Crippen molar-refractivity contribution in [2.45, 2.75) is 32.6 Å². The number of aromatic nitrogens is 1. The Labute approximate surface area is 196 Å². The van der Waals surface area contributed by atoms with Crippen LogP contribution in [0.4, 0.5) is 0 Å². The SMILES string of the molecule is C=C(C)c1ccccc1CCCCc1cccc(C=Cc2ccc3ccc(Cl)cc3n2)c1. The molecule has 3 aromatic carbocycles. The molecule has 0 fully saturated rings. The van der Waals surface area contributed by atoms with Crippen LogP contribution in [-0.4, -0.2) is 4.98 Å². The molecule has 32 heavy (non-hydrogen) atoms. The molecular formula is C30H28ClN. The van der Waals surface area contributed by atoms with Crippen LogP contribution in [0, 0.1) is 0 Å². The molecule has 0 saturated carbocycles. The third kappa shape index (κ3) is 5.75. The smallest absolute Gasteiger partial charge is 0.0724 e. The first-order valence-corrected chi connectivity index (χ1v) is 11.5. The highest BCUT2D eigenvalue weighted by molar-refractivity contribution is 6.31. The third-order valence-corrected chi connectivity index (χ3v) is 5.95. The maximum atomic E-state index is 6.11. The van der Waals surface area contributed by atoms with E-state index in [1.807, 2.05) is 24.3 Å². The van der Waals surface area contributed by atoms with Crippen LogP contribution >= 0.6 is 11.6 Å². The number of unbranched alkanes of at least 4 members (excludes halogenated alkanes) is 1. The van der Waals surface area contributed by atoms with Crippen molar-refractivity contribution in [3.63, 3.8) is 0 Å². The maximum absolute atomic E-state index is 6.11. The Morgan fingerprint density at radius 1 is 0.875 bits per heavy atom. The fourth-order valence-electron chi connectivity index (χ4n) is 4.03. The minimum absolute atomic E-state index is 0.710. The second-order valence-corrected chi connectivity index (χ2v) is 8.73. The van der Waals surface area contributed by atoms with E-state index in [1.54, 1.807) is 0 Å². The standard InChI is InChI=1S/C30H28ClN/c1-22(2)29-13-6-5-12-25(29)11-4-3-8-23-9-7-10-24(20-23)14-18-28-19-16-26-15-17-27(31)21-30(26)32-28/h5-7,9-10,12-21H,1,3-4,8,11H2,2H3. The van der Waals surface area contributed by atoms with Gasteiger partial charge in [0.2, 0.25) is 0 Å². The number of hydrogen-bond acceptors (Lipinski definition) is 1. The van der Waals surface area contributed by atoms with Crippen molar-refractivity contribution in [2.75, 3.05) is 0 Å². The third-order valence-electron chi connectivity index (χ3n) is 5.71. The number of pyridine rings is 1. The summed E-state index contributed by atoms with van der Waals surface area (Å²) in [6.45, 7) is 6.20. The van der Waals surface area contributed by atoms with Gasteiger partial charge in [0.05, 0.1) is 11.2 Å². The summed E-state index contributed by atoms with van der Waals surface area (Å²) in [5, 5.41) is 1.81. The number of aryl methyl sites for hydroxylation is 2. The molecule has 2 heteroatoms. The molecule has 0 atom stereocenters. The Morgan fingerprint density at radius 2 is 1.69 bits per heavy atom. The lowest BCUT2D eigenvalue weighted by Crippen LogP contribution is -1.93. The number of hydrogen-bond donors (Lipinski definition) is 0. The van der Waals surface area contributed by atoms with Crippen molar-refractivity contribution < 1.29 is 0 Å². The normalized spacial score (nSPS) is 11.3. The molecule has 0 unspecified atom stereocenters. The van der Waals surface area contributed by atoms with Crippen LogP contribution in [0.5, 0.6) is 0 Å². The van der Waals surface area contributed by atoms with Crippen LogP contribution in [0.15, 0.2) is 85.4 Å². The second-order valence-electron chi connectivity index (χ2n) is 8.30. The first kappa shape index (κ1) is 22.0. The van der Waals surface area contributed by atoms with Gasteiger partial charge in [0.25, 0.3) is 0 Å². The van der Waals surface area contributed by atoms with E-state index in [0.29, 0.717) is 5.02 Å². The van der Waals surface area contributed by atoms with Gasteiger partial charge in [0.1, 0.15) is 0 Å². The quantitative estimate of drug-likeness (QED) is 0.251. The van der Waals surface area contributed by atoms with E-state index in [9.17, 15) is 0 Å². The Morgan fingerprint density at radius 3 is 2.56 bits per heavy atom. The Kier molecular flexibility index (Phi) is 7.19. The summed E-state index contributed by atoms with van der Waals surface area (Å²) in [5.74, 6) is 0. The van der Waals surface area contributed by atoms with Gasteiger partial charge >= 0.3 is 0 Å². The van der Waals surface area contributed by atoms with Gasteiger partial charge in [-0.15, -0.1) is 0 Å². The molecule has 0 radical (unpaired) electrons. The summed E-state index contributed by atoms with van der Waals surface area (Å²) in [7, 11) is 0. The highest BCUT2D eigenvalue weighted by Gasteiger charge is 2.03. The fraction of sp³-hybridized carbons (Fsp3) is 0.167. The minimum Gasteiger partial charge on any atom is -0.248 e. The van der Waals surface area contributed by atoms with Gasteiger partial charge in [-0.1, -0.05) is 90.5 Å². The van der Waals surface area contributed by atoms with Crippen molar-refractivity contribution in [3.8, 4) is 0 Å². The number of halogens is 1. The monoisotopic (exact) mass is 437 g/mol. The Hall–Kier alpha value is -3.16. The van der Waals surface area contributed by atoms with Crippen molar-refractivity contribution in [3.05, 3.63) is 118 Å². The molecule has 0 amide bonds. The lowest BCUT2D eigenvalue weighted by molar-refractivity contribution is 0.733. The summed E-state index contributed by atoms with van der Waals surface area (Å²) in [4.78, 5) is 4.70. The zero-order valence-electron chi connectivity index (χ0n) is 18.5. The van der Waals surface area contributed by atoms with Crippen LogP contribution in [0.2, 0.25) is 5.02 Å². The number of fused-ring (bicyclic) bond motifs is 1. The van der Waals surface area contributed by atoms with Crippen molar-refractivity contribution >= 4 is 40.2 Å². The molecular weight excluding hydrogens is 410 g/mol. The second kappa shape index (κ2) is 10.4. The average Bonchev–Trinajstić information content (AvgIpc) is 2.80. The van der Waals surface area contributed by atoms with E-state index in [1.165, 1.54) is 35.1 Å². The molecule has 0 aliphatic heterocycles. The molecule has 0 N–H and O–H groups in total. The number of benzene rings is 3. The summed E-state index contributed by atoms with van der Waals surface area (Å²) < 4.78 is 0. The first-order valence-electron chi connectivity index (χ1n) is 11.2. The van der Waals surface area contributed by atoms with Gasteiger partial charge in [-0.2, -0.15) is 0 Å². The molecule has 1 aromatic heterocycles.